The van der Waals surface area contributed by atoms with E-state index in [2.05, 4.69) is 27.6 Å². The van der Waals surface area contributed by atoms with Crippen molar-refractivity contribution >= 4 is 15.9 Å². The van der Waals surface area contributed by atoms with Gasteiger partial charge in [0.25, 0.3) is 0 Å². The molecule has 0 atom stereocenters. The van der Waals surface area contributed by atoms with Crippen molar-refractivity contribution in [1.82, 2.24) is 0 Å². The van der Waals surface area contributed by atoms with Gasteiger partial charge in [-0.3, -0.25) is 0 Å². The fraction of sp³-hybridized carbons (Fsp3) is 0.500. The van der Waals surface area contributed by atoms with Crippen LogP contribution in [-0.4, -0.2) is 13.0 Å². The molecule has 2 nitrogen and oxygen atoms in total. The maximum absolute atomic E-state index is 12.0. The van der Waals surface area contributed by atoms with E-state index in [-0.39, 0.29) is 10.2 Å². The lowest BCUT2D eigenvalue weighted by molar-refractivity contribution is -0.274. The van der Waals surface area contributed by atoms with Crippen LogP contribution in [0.3, 0.4) is 0 Å². The van der Waals surface area contributed by atoms with Crippen molar-refractivity contribution in [2.45, 2.75) is 32.5 Å². The summed E-state index contributed by atoms with van der Waals surface area (Å²) in [5.74, 6) is 0.246. The third kappa shape index (κ3) is 5.62. The topological polar surface area (TPSA) is 18.5 Å². The molecule has 1 rings (SSSR count). The molecular weight excluding hydrogens is 313 g/mol. The first kappa shape index (κ1) is 15.1. The Labute approximate surface area is 112 Å². The van der Waals surface area contributed by atoms with Gasteiger partial charge in [-0.05, 0) is 40.5 Å². The highest BCUT2D eigenvalue weighted by atomic mass is 79.9. The quantitative estimate of drug-likeness (QED) is 0.691. The Hall–Kier alpha value is -0.910. The molecule has 0 aliphatic heterocycles. The summed E-state index contributed by atoms with van der Waals surface area (Å²) in [6.45, 7) is 2.64. The van der Waals surface area contributed by atoms with E-state index in [1.165, 1.54) is 18.2 Å². The second kappa shape index (κ2) is 6.87. The molecule has 1 aromatic rings. The maximum Gasteiger partial charge on any atom is 0.573 e. The lowest BCUT2D eigenvalue weighted by atomic mass is 10.3. The summed E-state index contributed by atoms with van der Waals surface area (Å²) in [7, 11) is 0. The molecule has 0 aliphatic rings. The largest absolute Gasteiger partial charge is 0.573 e. The fourth-order valence-electron chi connectivity index (χ4n) is 1.32. The molecule has 0 radical (unpaired) electrons. The molecule has 0 spiro atoms. The first-order chi connectivity index (χ1) is 8.42. The van der Waals surface area contributed by atoms with E-state index < -0.39 is 6.36 Å². The number of benzene rings is 1. The number of rotatable bonds is 6. The summed E-state index contributed by atoms with van der Waals surface area (Å²) in [5, 5.41) is 0. The Kier molecular flexibility index (Phi) is 5.78. The van der Waals surface area contributed by atoms with Crippen molar-refractivity contribution in [1.29, 1.82) is 0 Å². The highest BCUT2D eigenvalue weighted by Gasteiger charge is 2.31. The lowest BCUT2D eigenvalue weighted by Gasteiger charge is -2.12. The van der Waals surface area contributed by atoms with E-state index in [4.69, 9.17) is 4.74 Å². The first-order valence-electron chi connectivity index (χ1n) is 5.60. The lowest BCUT2D eigenvalue weighted by Crippen LogP contribution is -2.17. The number of alkyl halides is 3. The summed E-state index contributed by atoms with van der Waals surface area (Å²) < 4.78 is 45.6. The van der Waals surface area contributed by atoms with Crippen LogP contribution in [0.2, 0.25) is 0 Å². The SMILES string of the molecule is CCCCCOc1ccc(OC(F)(F)F)c(Br)c1. The second-order valence-corrected chi connectivity index (χ2v) is 4.55. The van der Waals surface area contributed by atoms with Gasteiger partial charge in [0.05, 0.1) is 11.1 Å². The van der Waals surface area contributed by atoms with Crippen LogP contribution in [0.4, 0.5) is 13.2 Å². The zero-order chi connectivity index (χ0) is 13.6. The zero-order valence-corrected chi connectivity index (χ0v) is 11.5. The van der Waals surface area contributed by atoms with E-state index >= 15 is 0 Å². The van der Waals surface area contributed by atoms with Crippen LogP contribution in [0.15, 0.2) is 22.7 Å². The van der Waals surface area contributed by atoms with Crippen molar-refractivity contribution in [2.24, 2.45) is 0 Å². The van der Waals surface area contributed by atoms with Crippen molar-refractivity contribution in [2.75, 3.05) is 6.61 Å². The number of unbranched alkanes of at least 4 members (excludes halogenated alkanes) is 2. The minimum absolute atomic E-state index is 0.216. The molecule has 0 N–H and O–H groups in total. The van der Waals surface area contributed by atoms with Gasteiger partial charge < -0.3 is 9.47 Å². The Morgan fingerprint density at radius 3 is 2.50 bits per heavy atom. The Morgan fingerprint density at radius 1 is 1.22 bits per heavy atom. The zero-order valence-electron chi connectivity index (χ0n) is 9.89. The molecule has 0 fully saturated rings. The molecule has 0 bridgehead atoms. The molecular formula is C12H14BrF3O2. The molecule has 0 aromatic heterocycles. The number of hydrogen-bond donors (Lipinski definition) is 0. The van der Waals surface area contributed by atoms with Gasteiger partial charge in [-0.25, -0.2) is 0 Å². The van der Waals surface area contributed by atoms with Gasteiger partial charge in [0, 0.05) is 0 Å². The second-order valence-electron chi connectivity index (χ2n) is 3.70. The van der Waals surface area contributed by atoms with Crippen molar-refractivity contribution in [3.8, 4) is 11.5 Å². The van der Waals surface area contributed by atoms with Gasteiger partial charge >= 0.3 is 6.36 Å². The molecule has 1 aromatic carbocycles. The van der Waals surface area contributed by atoms with Crippen molar-refractivity contribution in [3.63, 3.8) is 0 Å². The minimum Gasteiger partial charge on any atom is -0.494 e. The molecule has 0 amide bonds. The number of hydrogen-bond acceptors (Lipinski definition) is 2. The molecule has 102 valence electrons. The molecule has 6 heteroatoms. The minimum atomic E-state index is -4.69. The summed E-state index contributed by atoms with van der Waals surface area (Å²) >= 11 is 3.02. The van der Waals surface area contributed by atoms with Gasteiger partial charge in [0.1, 0.15) is 11.5 Å². The average Bonchev–Trinajstić information content (AvgIpc) is 2.26. The third-order valence-electron chi connectivity index (χ3n) is 2.15. The predicted octanol–water partition coefficient (Wildman–Crippen LogP) is 4.92. The highest BCUT2D eigenvalue weighted by molar-refractivity contribution is 9.10. The van der Waals surface area contributed by atoms with E-state index in [9.17, 15) is 13.2 Å². The first-order valence-corrected chi connectivity index (χ1v) is 6.40. The van der Waals surface area contributed by atoms with E-state index in [0.717, 1.165) is 19.3 Å². The van der Waals surface area contributed by atoms with Gasteiger partial charge in [0.2, 0.25) is 0 Å². The van der Waals surface area contributed by atoms with Crippen LogP contribution in [0, 0.1) is 0 Å². The monoisotopic (exact) mass is 326 g/mol. The normalized spacial score (nSPS) is 11.4. The van der Waals surface area contributed by atoms with Crippen molar-refractivity contribution in [3.05, 3.63) is 22.7 Å². The summed E-state index contributed by atoms with van der Waals surface area (Å²) in [5.41, 5.74) is 0. The van der Waals surface area contributed by atoms with Crippen LogP contribution in [0.25, 0.3) is 0 Å². The van der Waals surface area contributed by atoms with Crippen LogP contribution in [-0.2, 0) is 0 Å². The van der Waals surface area contributed by atoms with E-state index in [1.807, 2.05) is 0 Å². The third-order valence-corrected chi connectivity index (χ3v) is 2.77. The highest BCUT2D eigenvalue weighted by Crippen LogP contribution is 2.33. The fourth-order valence-corrected chi connectivity index (χ4v) is 1.76. The summed E-state index contributed by atoms with van der Waals surface area (Å²) in [6, 6.07) is 4.15. The predicted molar refractivity (Wildman–Crippen MR) is 65.8 cm³/mol. The average molecular weight is 327 g/mol. The van der Waals surface area contributed by atoms with Gasteiger partial charge in [-0.2, -0.15) is 0 Å². The van der Waals surface area contributed by atoms with Crippen LogP contribution < -0.4 is 9.47 Å². The van der Waals surface area contributed by atoms with Crippen LogP contribution >= 0.6 is 15.9 Å². The Bertz CT molecular complexity index is 380. The molecule has 0 heterocycles. The Balaban J connectivity index is 2.56. The van der Waals surface area contributed by atoms with Crippen LogP contribution in [0.1, 0.15) is 26.2 Å². The standard InChI is InChI=1S/C12H14BrF3O2/c1-2-3-4-7-17-9-5-6-11(10(13)8-9)18-12(14,15)16/h5-6,8H,2-4,7H2,1H3. The molecule has 0 unspecified atom stereocenters. The number of ether oxygens (including phenoxy) is 2. The van der Waals surface area contributed by atoms with Crippen molar-refractivity contribution < 1.29 is 22.6 Å². The van der Waals surface area contributed by atoms with E-state index in [0.29, 0.717) is 12.4 Å². The van der Waals surface area contributed by atoms with Crippen LogP contribution in [0.5, 0.6) is 11.5 Å². The molecule has 0 aliphatic carbocycles. The molecule has 18 heavy (non-hydrogen) atoms. The van der Waals surface area contributed by atoms with Gasteiger partial charge in [-0.15, -0.1) is 13.2 Å². The molecule has 0 saturated carbocycles. The molecule has 0 saturated heterocycles. The van der Waals surface area contributed by atoms with Gasteiger partial charge in [-0.1, -0.05) is 19.8 Å². The Morgan fingerprint density at radius 2 is 1.94 bits per heavy atom. The summed E-state index contributed by atoms with van der Waals surface area (Å²) in [6.07, 6.45) is -1.61. The van der Waals surface area contributed by atoms with E-state index in [1.54, 1.807) is 0 Å². The smallest absolute Gasteiger partial charge is 0.494 e. The maximum atomic E-state index is 12.0. The number of halogens is 4. The summed E-state index contributed by atoms with van der Waals surface area (Å²) in [4.78, 5) is 0. The van der Waals surface area contributed by atoms with Gasteiger partial charge in [0.15, 0.2) is 0 Å².